The van der Waals surface area contributed by atoms with Gasteiger partial charge in [0.2, 0.25) is 0 Å². The number of hydrogen-bond acceptors (Lipinski definition) is 4. The Bertz CT molecular complexity index is 829. The Kier molecular flexibility index (Phi) is 7.29. The van der Waals surface area contributed by atoms with Gasteiger partial charge in [0, 0.05) is 39.3 Å². The van der Waals surface area contributed by atoms with Gasteiger partial charge in [-0.1, -0.05) is 36.4 Å². The minimum absolute atomic E-state index is 0.0969. The second-order valence-corrected chi connectivity index (χ2v) is 8.02. The molecule has 0 unspecified atom stereocenters. The number of benzene rings is 2. The first-order valence-corrected chi connectivity index (χ1v) is 10.4. The van der Waals surface area contributed by atoms with Crippen LogP contribution >= 0.6 is 0 Å². The van der Waals surface area contributed by atoms with E-state index in [0.717, 1.165) is 49.6 Å². The molecular weight excluding hydrogens is 362 g/mol. The van der Waals surface area contributed by atoms with Crippen LogP contribution in [0.1, 0.15) is 29.2 Å². The largest absolute Gasteiger partial charge is 0.481 e. The van der Waals surface area contributed by atoms with Gasteiger partial charge in [0.15, 0.2) is 6.10 Å². The van der Waals surface area contributed by atoms with E-state index < -0.39 is 6.10 Å². The number of amides is 1. The molecule has 0 spiro atoms. The summed E-state index contributed by atoms with van der Waals surface area (Å²) in [5.41, 5.74) is 4.68. The molecular formula is C24H33N3O2. The second kappa shape index (κ2) is 9.90. The number of likely N-dealkylation sites (N-methyl/N-ethyl adjacent to an activating group) is 1. The van der Waals surface area contributed by atoms with Crippen LogP contribution in [0.5, 0.6) is 5.75 Å². The number of hydrogen-bond donors (Lipinski definition) is 1. The van der Waals surface area contributed by atoms with Gasteiger partial charge >= 0.3 is 0 Å². The maximum Gasteiger partial charge on any atom is 0.261 e. The van der Waals surface area contributed by atoms with Gasteiger partial charge in [-0.15, -0.1) is 0 Å². The van der Waals surface area contributed by atoms with Gasteiger partial charge in [0.25, 0.3) is 5.91 Å². The first kappa shape index (κ1) is 21.3. The molecule has 1 atom stereocenters. The van der Waals surface area contributed by atoms with Crippen LogP contribution in [-0.2, 0) is 17.9 Å². The monoisotopic (exact) mass is 395 g/mol. The number of rotatable bonds is 7. The van der Waals surface area contributed by atoms with Crippen molar-refractivity contribution in [1.29, 1.82) is 0 Å². The third-order valence-corrected chi connectivity index (χ3v) is 5.79. The van der Waals surface area contributed by atoms with Crippen LogP contribution in [0.25, 0.3) is 0 Å². The summed E-state index contributed by atoms with van der Waals surface area (Å²) in [4.78, 5) is 17.4. The quantitative estimate of drug-likeness (QED) is 0.782. The SMILES string of the molecule is Cc1cccc(O[C@@H](C)C(=O)NCc2ccccc2CN2CCN(C)CC2)c1C. The fourth-order valence-electron chi connectivity index (χ4n) is 3.55. The summed E-state index contributed by atoms with van der Waals surface area (Å²) in [5.74, 6) is 0.670. The van der Waals surface area contributed by atoms with E-state index in [1.165, 1.54) is 11.1 Å². The van der Waals surface area contributed by atoms with E-state index in [1.807, 2.05) is 38.1 Å². The maximum atomic E-state index is 12.6. The van der Waals surface area contributed by atoms with Crippen LogP contribution in [-0.4, -0.2) is 55.0 Å². The van der Waals surface area contributed by atoms with Crippen LogP contribution in [0.15, 0.2) is 42.5 Å². The lowest BCUT2D eigenvalue weighted by Gasteiger charge is -2.32. The van der Waals surface area contributed by atoms with Crippen molar-refractivity contribution in [3.8, 4) is 5.75 Å². The summed E-state index contributed by atoms with van der Waals surface area (Å²) < 4.78 is 5.91. The van der Waals surface area contributed by atoms with Gasteiger partial charge in [-0.2, -0.15) is 0 Å². The molecule has 29 heavy (non-hydrogen) atoms. The molecule has 3 rings (SSSR count). The first-order chi connectivity index (χ1) is 13.9. The van der Waals surface area contributed by atoms with Crippen LogP contribution in [0, 0.1) is 13.8 Å². The van der Waals surface area contributed by atoms with Crippen LogP contribution < -0.4 is 10.1 Å². The molecule has 5 heteroatoms. The molecule has 1 heterocycles. The van der Waals surface area contributed by atoms with Crippen LogP contribution in [0.3, 0.4) is 0 Å². The van der Waals surface area contributed by atoms with Gasteiger partial charge in [-0.3, -0.25) is 9.69 Å². The highest BCUT2D eigenvalue weighted by Crippen LogP contribution is 2.22. The summed E-state index contributed by atoms with van der Waals surface area (Å²) >= 11 is 0. The summed E-state index contributed by atoms with van der Waals surface area (Å²) in [5, 5.41) is 3.05. The number of ether oxygens (including phenoxy) is 1. The molecule has 0 aliphatic carbocycles. The Hall–Kier alpha value is -2.37. The molecule has 2 aromatic carbocycles. The molecule has 0 aromatic heterocycles. The number of nitrogens with zero attached hydrogens (tertiary/aromatic N) is 2. The molecule has 1 fully saturated rings. The third kappa shape index (κ3) is 5.81. The Balaban J connectivity index is 1.56. The predicted octanol–water partition coefficient (Wildman–Crippen LogP) is 3.13. The molecule has 2 aromatic rings. The van der Waals surface area contributed by atoms with Crippen molar-refractivity contribution in [2.24, 2.45) is 0 Å². The average molecular weight is 396 g/mol. The predicted molar refractivity (Wildman–Crippen MR) is 117 cm³/mol. The van der Waals surface area contributed by atoms with Gasteiger partial charge in [-0.25, -0.2) is 0 Å². The minimum Gasteiger partial charge on any atom is -0.481 e. The van der Waals surface area contributed by atoms with Crippen molar-refractivity contribution < 1.29 is 9.53 Å². The van der Waals surface area contributed by atoms with Crippen molar-refractivity contribution in [3.63, 3.8) is 0 Å². The highest BCUT2D eigenvalue weighted by molar-refractivity contribution is 5.80. The summed E-state index contributed by atoms with van der Waals surface area (Å²) in [7, 11) is 2.17. The molecule has 1 aliphatic heterocycles. The lowest BCUT2D eigenvalue weighted by Crippen LogP contribution is -2.44. The van der Waals surface area contributed by atoms with Crippen molar-refractivity contribution in [1.82, 2.24) is 15.1 Å². The van der Waals surface area contributed by atoms with Crippen molar-refractivity contribution in [3.05, 3.63) is 64.7 Å². The summed E-state index contributed by atoms with van der Waals surface area (Å²) in [6, 6.07) is 14.3. The first-order valence-electron chi connectivity index (χ1n) is 10.4. The number of carbonyl (C=O) groups is 1. The Morgan fingerprint density at radius 3 is 2.45 bits per heavy atom. The van der Waals surface area contributed by atoms with Gasteiger partial charge in [-0.05, 0) is 56.1 Å². The number of piperazine rings is 1. The van der Waals surface area contributed by atoms with E-state index in [4.69, 9.17) is 4.74 Å². The number of nitrogens with one attached hydrogen (secondary N) is 1. The fourth-order valence-corrected chi connectivity index (χ4v) is 3.55. The Labute approximate surface area is 174 Å². The standard InChI is InChI=1S/C24H33N3O2/c1-18-8-7-11-23(19(18)2)29-20(3)24(28)25-16-21-9-5-6-10-22(21)17-27-14-12-26(4)13-15-27/h5-11,20H,12-17H2,1-4H3,(H,25,28)/t20-/m0/s1. The molecule has 1 saturated heterocycles. The molecule has 1 N–H and O–H groups in total. The Morgan fingerprint density at radius 1 is 1.03 bits per heavy atom. The van der Waals surface area contributed by atoms with Crippen LogP contribution in [0.2, 0.25) is 0 Å². The molecule has 1 amide bonds. The minimum atomic E-state index is -0.541. The zero-order chi connectivity index (χ0) is 20.8. The molecule has 1 aliphatic rings. The molecule has 5 nitrogen and oxygen atoms in total. The van der Waals surface area contributed by atoms with Gasteiger partial charge in [0.05, 0.1) is 0 Å². The van der Waals surface area contributed by atoms with E-state index in [2.05, 4.69) is 40.4 Å². The fraction of sp³-hybridized carbons (Fsp3) is 0.458. The van der Waals surface area contributed by atoms with Crippen molar-refractivity contribution in [2.75, 3.05) is 33.2 Å². The van der Waals surface area contributed by atoms with Crippen molar-refractivity contribution in [2.45, 2.75) is 40.0 Å². The van der Waals surface area contributed by atoms with E-state index in [-0.39, 0.29) is 5.91 Å². The molecule has 0 bridgehead atoms. The normalized spacial score (nSPS) is 16.4. The zero-order valence-corrected chi connectivity index (χ0v) is 18.1. The van der Waals surface area contributed by atoms with Gasteiger partial charge in [0.1, 0.15) is 5.75 Å². The van der Waals surface area contributed by atoms with E-state index in [1.54, 1.807) is 6.92 Å². The smallest absolute Gasteiger partial charge is 0.261 e. The topological polar surface area (TPSA) is 44.8 Å². The molecule has 0 saturated carbocycles. The molecule has 0 radical (unpaired) electrons. The highest BCUT2D eigenvalue weighted by Gasteiger charge is 2.18. The number of aryl methyl sites for hydroxylation is 1. The number of carbonyl (C=O) groups excluding carboxylic acids is 1. The lowest BCUT2D eigenvalue weighted by atomic mass is 10.1. The summed E-state index contributed by atoms with van der Waals surface area (Å²) in [6.45, 7) is 11.7. The second-order valence-electron chi connectivity index (χ2n) is 8.02. The molecule has 156 valence electrons. The van der Waals surface area contributed by atoms with E-state index in [0.29, 0.717) is 6.54 Å². The maximum absolute atomic E-state index is 12.6. The zero-order valence-electron chi connectivity index (χ0n) is 18.1. The summed E-state index contributed by atoms with van der Waals surface area (Å²) in [6.07, 6.45) is -0.541. The van der Waals surface area contributed by atoms with E-state index in [9.17, 15) is 4.79 Å². The van der Waals surface area contributed by atoms with Crippen molar-refractivity contribution >= 4 is 5.91 Å². The van der Waals surface area contributed by atoms with E-state index >= 15 is 0 Å². The lowest BCUT2D eigenvalue weighted by molar-refractivity contribution is -0.127. The average Bonchev–Trinajstić information content (AvgIpc) is 2.72. The highest BCUT2D eigenvalue weighted by atomic mass is 16.5. The van der Waals surface area contributed by atoms with Crippen LogP contribution in [0.4, 0.5) is 0 Å². The third-order valence-electron chi connectivity index (χ3n) is 5.79. The Morgan fingerprint density at radius 2 is 1.72 bits per heavy atom. The van der Waals surface area contributed by atoms with Gasteiger partial charge < -0.3 is 15.0 Å².